The van der Waals surface area contributed by atoms with Crippen LogP contribution in [0, 0.1) is 17.7 Å². The van der Waals surface area contributed by atoms with E-state index in [9.17, 15) is 14.3 Å². The van der Waals surface area contributed by atoms with Crippen molar-refractivity contribution < 1.29 is 14.3 Å². The fourth-order valence-corrected chi connectivity index (χ4v) is 4.80. The van der Waals surface area contributed by atoms with E-state index in [1.807, 2.05) is 26.0 Å². The summed E-state index contributed by atoms with van der Waals surface area (Å²) < 4.78 is 14.7. The molecule has 2 aromatic heterocycles. The SMILES string of the molecule is C[C@@H]1[C@]2(N)CN(c3nc(Nc4ccc([C@@H](C)CO)nc4)ncc3F)C[C@]12NC(=O)C1CC1. The van der Waals surface area contributed by atoms with Crippen molar-refractivity contribution in [3.63, 3.8) is 0 Å². The summed E-state index contributed by atoms with van der Waals surface area (Å²) in [5.74, 6) is 0.0417. The molecule has 10 heteroatoms. The fourth-order valence-electron chi connectivity index (χ4n) is 4.80. The van der Waals surface area contributed by atoms with Gasteiger partial charge in [0.25, 0.3) is 0 Å². The van der Waals surface area contributed by atoms with E-state index >= 15 is 0 Å². The summed E-state index contributed by atoms with van der Waals surface area (Å²) in [5, 5.41) is 15.5. The van der Waals surface area contributed by atoms with Gasteiger partial charge in [0, 0.05) is 36.5 Å². The molecule has 0 spiro atoms. The lowest BCUT2D eigenvalue weighted by atomic mass is 10.1. The topological polar surface area (TPSA) is 129 Å². The number of nitrogens with two attached hydrogens (primary N) is 1. The molecule has 5 N–H and O–H groups in total. The van der Waals surface area contributed by atoms with Crippen LogP contribution in [0.3, 0.4) is 0 Å². The highest BCUT2D eigenvalue weighted by Gasteiger charge is 2.78. The van der Waals surface area contributed by atoms with Crippen molar-refractivity contribution in [3.8, 4) is 0 Å². The number of carbonyl (C=O) groups is 1. The van der Waals surface area contributed by atoms with Crippen LogP contribution in [0.25, 0.3) is 0 Å². The Balaban J connectivity index is 1.33. The molecular formula is C22H28FN7O2. The van der Waals surface area contributed by atoms with Crippen LogP contribution in [-0.4, -0.2) is 56.7 Å². The monoisotopic (exact) mass is 441 g/mol. The van der Waals surface area contributed by atoms with E-state index in [0.717, 1.165) is 24.7 Å². The third kappa shape index (κ3) is 3.29. The van der Waals surface area contributed by atoms with Crippen molar-refractivity contribution in [3.05, 3.63) is 36.0 Å². The molecule has 32 heavy (non-hydrogen) atoms. The number of anilines is 3. The molecule has 2 aromatic rings. The number of piperidine rings is 1. The maximum absolute atomic E-state index is 14.7. The molecule has 0 bridgehead atoms. The van der Waals surface area contributed by atoms with Crippen LogP contribution in [0.1, 0.15) is 38.3 Å². The fraction of sp³-hybridized carbons (Fsp3) is 0.545. The number of nitrogens with zero attached hydrogens (tertiary/aromatic N) is 4. The number of aliphatic hydroxyl groups excluding tert-OH is 1. The Bertz CT molecular complexity index is 1050. The largest absolute Gasteiger partial charge is 0.396 e. The molecule has 170 valence electrons. The molecule has 3 fully saturated rings. The Morgan fingerprint density at radius 1 is 1.34 bits per heavy atom. The van der Waals surface area contributed by atoms with Gasteiger partial charge in [-0.15, -0.1) is 0 Å². The molecule has 0 aromatic carbocycles. The van der Waals surface area contributed by atoms with E-state index in [1.54, 1.807) is 11.1 Å². The number of carbonyl (C=O) groups excluding carboxylic acids is 1. The second-order valence-corrected chi connectivity index (χ2v) is 9.40. The second kappa shape index (κ2) is 7.35. The molecule has 1 aliphatic heterocycles. The third-order valence-electron chi connectivity index (χ3n) is 7.29. The van der Waals surface area contributed by atoms with Crippen molar-refractivity contribution >= 4 is 23.4 Å². The Kier molecular flexibility index (Phi) is 4.82. The number of fused-ring (bicyclic) bond motifs is 1. The Morgan fingerprint density at radius 3 is 2.78 bits per heavy atom. The Labute approximate surface area is 185 Å². The zero-order chi connectivity index (χ0) is 22.7. The quantitative estimate of drug-likeness (QED) is 0.506. The molecule has 2 aliphatic carbocycles. The lowest BCUT2D eigenvalue weighted by Crippen LogP contribution is -2.48. The zero-order valence-corrected chi connectivity index (χ0v) is 18.2. The van der Waals surface area contributed by atoms with Crippen LogP contribution < -0.4 is 21.3 Å². The van der Waals surface area contributed by atoms with Crippen LogP contribution in [-0.2, 0) is 4.79 Å². The lowest BCUT2D eigenvalue weighted by Gasteiger charge is -2.24. The number of pyridine rings is 1. The molecule has 3 heterocycles. The predicted molar refractivity (Wildman–Crippen MR) is 117 cm³/mol. The Morgan fingerprint density at radius 2 is 2.12 bits per heavy atom. The summed E-state index contributed by atoms with van der Waals surface area (Å²) in [6, 6.07) is 3.62. The minimum Gasteiger partial charge on any atom is -0.396 e. The molecule has 3 aliphatic rings. The normalized spacial score (nSPS) is 29.4. The minimum absolute atomic E-state index is 0.0178. The summed E-state index contributed by atoms with van der Waals surface area (Å²) in [6.45, 7) is 4.75. The molecule has 9 nitrogen and oxygen atoms in total. The first kappa shape index (κ1) is 21.0. The maximum atomic E-state index is 14.7. The molecule has 0 radical (unpaired) electrons. The van der Waals surface area contributed by atoms with Crippen molar-refractivity contribution in [2.45, 2.75) is 43.7 Å². The first-order valence-corrected chi connectivity index (χ1v) is 11.0. The number of aromatic nitrogens is 3. The van der Waals surface area contributed by atoms with E-state index in [2.05, 4.69) is 25.6 Å². The van der Waals surface area contributed by atoms with Gasteiger partial charge in [0.05, 0.1) is 35.8 Å². The van der Waals surface area contributed by atoms with E-state index in [-0.39, 0.29) is 42.0 Å². The number of hydrogen-bond acceptors (Lipinski definition) is 8. The van der Waals surface area contributed by atoms with Gasteiger partial charge in [-0.25, -0.2) is 9.37 Å². The van der Waals surface area contributed by atoms with Gasteiger partial charge >= 0.3 is 0 Å². The Hall–Kier alpha value is -2.85. The number of halogens is 1. The van der Waals surface area contributed by atoms with Gasteiger partial charge in [0.1, 0.15) is 0 Å². The molecule has 5 rings (SSSR count). The number of amides is 1. The summed E-state index contributed by atoms with van der Waals surface area (Å²) >= 11 is 0. The highest BCUT2D eigenvalue weighted by Crippen LogP contribution is 2.58. The van der Waals surface area contributed by atoms with Crippen molar-refractivity contribution in [2.75, 3.05) is 29.9 Å². The van der Waals surface area contributed by atoms with E-state index in [1.165, 1.54) is 0 Å². The molecule has 2 saturated carbocycles. The smallest absolute Gasteiger partial charge is 0.229 e. The number of nitrogens with one attached hydrogen (secondary N) is 2. The van der Waals surface area contributed by atoms with E-state index in [4.69, 9.17) is 5.73 Å². The van der Waals surface area contributed by atoms with Crippen molar-refractivity contribution in [2.24, 2.45) is 17.6 Å². The number of hydrogen-bond donors (Lipinski definition) is 4. The van der Waals surface area contributed by atoms with Crippen molar-refractivity contribution in [1.29, 1.82) is 0 Å². The molecule has 0 unspecified atom stereocenters. The summed E-state index contributed by atoms with van der Waals surface area (Å²) in [6.07, 6.45) is 4.59. The van der Waals surface area contributed by atoms with Crippen LogP contribution >= 0.6 is 0 Å². The van der Waals surface area contributed by atoms with Crippen LogP contribution in [0.2, 0.25) is 0 Å². The minimum atomic E-state index is -0.605. The number of aliphatic hydroxyl groups is 1. The van der Waals surface area contributed by atoms with E-state index < -0.39 is 16.9 Å². The average molecular weight is 442 g/mol. The predicted octanol–water partition coefficient (Wildman–Crippen LogP) is 1.28. The maximum Gasteiger partial charge on any atom is 0.229 e. The lowest BCUT2D eigenvalue weighted by molar-refractivity contribution is -0.123. The van der Waals surface area contributed by atoms with Crippen LogP contribution in [0.5, 0.6) is 0 Å². The van der Waals surface area contributed by atoms with Crippen molar-refractivity contribution in [1.82, 2.24) is 20.3 Å². The van der Waals surface area contributed by atoms with Gasteiger partial charge in [-0.1, -0.05) is 13.8 Å². The summed E-state index contributed by atoms with van der Waals surface area (Å²) in [7, 11) is 0. The molecule has 4 atom stereocenters. The number of rotatable bonds is 7. The second-order valence-electron chi connectivity index (χ2n) is 9.40. The third-order valence-corrected chi connectivity index (χ3v) is 7.29. The van der Waals surface area contributed by atoms with Crippen LogP contribution in [0.15, 0.2) is 24.5 Å². The summed E-state index contributed by atoms with van der Waals surface area (Å²) in [4.78, 5) is 27.0. The molecule has 1 amide bonds. The highest BCUT2D eigenvalue weighted by atomic mass is 19.1. The standard InChI is InChI=1S/C22H28FN7O2/c1-12(9-31)17-6-5-15(7-25-17)27-20-26-8-16(23)18(28-20)30-10-21(24)13(2)22(21,11-30)29-19(32)14-3-4-14/h5-8,12-14,31H,3-4,9-11,24H2,1-2H3,(H,29,32)(H,26,27,28)/t12-,13+,21+,22-/m0/s1. The molecule has 1 saturated heterocycles. The van der Waals surface area contributed by atoms with Crippen LogP contribution in [0.4, 0.5) is 21.8 Å². The first-order valence-electron chi connectivity index (χ1n) is 11.0. The van der Waals surface area contributed by atoms with E-state index in [0.29, 0.717) is 18.8 Å². The van der Waals surface area contributed by atoms with Gasteiger partial charge in [-0.05, 0) is 25.0 Å². The van der Waals surface area contributed by atoms with Gasteiger partial charge in [0.15, 0.2) is 11.6 Å². The van der Waals surface area contributed by atoms with Gasteiger partial charge in [-0.3, -0.25) is 9.78 Å². The molecular weight excluding hydrogens is 413 g/mol. The van der Waals surface area contributed by atoms with Gasteiger partial charge in [0.2, 0.25) is 11.9 Å². The average Bonchev–Trinajstić information content (AvgIpc) is 3.67. The van der Waals surface area contributed by atoms with Gasteiger partial charge < -0.3 is 26.4 Å². The zero-order valence-electron chi connectivity index (χ0n) is 18.2. The highest BCUT2D eigenvalue weighted by molar-refractivity contribution is 5.83. The first-order chi connectivity index (χ1) is 15.3. The summed E-state index contributed by atoms with van der Waals surface area (Å²) in [5.41, 5.74) is 6.89. The van der Waals surface area contributed by atoms with Gasteiger partial charge in [-0.2, -0.15) is 4.98 Å².